The van der Waals surface area contributed by atoms with E-state index in [2.05, 4.69) is 18.3 Å². The average molecular weight is 342 g/mol. The molecule has 3 rings (SSSR count). The number of hydrogen-bond donors (Lipinski definition) is 1. The molecule has 0 radical (unpaired) electrons. The van der Waals surface area contributed by atoms with Gasteiger partial charge in [0.1, 0.15) is 0 Å². The van der Waals surface area contributed by atoms with Crippen molar-refractivity contribution >= 4 is 17.5 Å². The first-order valence-electron chi connectivity index (χ1n) is 9.86. The van der Waals surface area contributed by atoms with Gasteiger partial charge in [0, 0.05) is 30.6 Å². The van der Waals surface area contributed by atoms with Gasteiger partial charge in [-0.15, -0.1) is 0 Å². The number of amides is 2. The lowest BCUT2D eigenvalue weighted by Crippen LogP contribution is -2.44. The van der Waals surface area contributed by atoms with Crippen LogP contribution in [0.4, 0.5) is 5.69 Å². The third kappa shape index (κ3) is 4.42. The maximum absolute atomic E-state index is 12.6. The van der Waals surface area contributed by atoms with E-state index in [1.807, 2.05) is 23.1 Å². The Kier molecular flexibility index (Phi) is 6.11. The summed E-state index contributed by atoms with van der Waals surface area (Å²) in [5.41, 5.74) is 2.09. The molecule has 1 saturated heterocycles. The first kappa shape index (κ1) is 18.0. The Balaban J connectivity index is 1.51. The fourth-order valence-corrected chi connectivity index (χ4v) is 4.16. The van der Waals surface area contributed by atoms with Crippen LogP contribution in [0.2, 0.25) is 0 Å². The molecule has 0 bridgehead atoms. The molecule has 0 aromatic heterocycles. The number of para-hydroxylation sites is 1. The summed E-state index contributed by atoms with van der Waals surface area (Å²) in [7, 11) is 0. The van der Waals surface area contributed by atoms with Crippen molar-refractivity contribution in [2.24, 2.45) is 11.8 Å². The first-order chi connectivity index (χ1) is 12.2. The van der Waals surface area contributed by atoms with Crippen LogP contribution in [0.5, 0.6) is 0 Å². The number of rotatable bonds is 4. The van der Waals surface area contributed by atoms with Crippen LogP contribution in [-0.4, -0.2) is 29.8 Å². The number of aryl methyl sites for hydroxylation is 1. The second kappa shape index (κ2) is 8.50. The molecule has 4 nitrogen and oxygen atoms in total. The molecule has 2 fully saturated rings. The van der Waals surface area contributed by atoms with Crippen LogP contribution in [0.1, 0.15) is 57.4 Å². The minimum atomic E-state index is 0.0142. The third-order valence-electron chi connectivity index (χ3n) is 5.79. The number of hydrogen-bond acceptors (Lipinski definition) is 2. The lowest BCUT2D eigenvalue weighted by molar-refractivity contribution is -0.139. The van der Waals surface area contributed by atoms with Gasteiger partial charge in [0.15, 0.2) is 0 Å². The summed E-state index contributed by atoms with van der Waals surface area (Å²) in [6, 6.07) is 7.99. The van der Waals surface area contributed by atoms with Crippen LogP contribution < -0.4 is 5.32 Å². The van der Waals surface area contributed by atoms with Gasteiger partial charge in [-0.1, -0.05) is 44.4 Å². The van der Waals surface area contributed by atoms with Gasteiger partial charge < -0.3 is 10.2 Å². The molecule has 0 unspecified atom stereocenters. The zero-order valence-electron chi connectivity index (χ0n) is 15.3. The van der Waals surface area contributed by atoms with Crippen molar-refractivity contribution < 1.29 is 9.59 Å². The van der Waals surface area contributed by atoms with Gasteiger partial charge in [-0.2, -0.15) is 0 Å². The Morgan fingerprint density at radius 2 is 1.68 bits per heavy atom. The molecule has 1 heterocycles. The lowest BCUT2D eigenvalue weighted by Gasteiger charge is -2.34. The van der Waals surface area contributed by atoms with Crippen LogP contribution in [0.15, 0.2) is 24.3 Å². The van der Waals surface area contributed by atoms with Crippen LogP contribution in [-0.2, 0) is 16.0 Å². The molecular weight excluding hydrogens is 312 g/mol. The SMILES string of the molecule is CCc1ccccc1NC(=O)C1CCN(C(=O)C2CCCCC2)CC1. The van der Waals surface area contributed by atoms with Crippen molar-refractivity contribution in [2.45, 2.75) is 58.3 Å². The van der Waals surface area contributed by atoms with E-state index < -0.39 is 0 Å². The number of nitrogens with one attached hydrogen (secondary N) is 1. The van der Waals surface area contributed by atoms with E-state index >= 15 is 0 Å². The van der Waals surface area contributed by atoms with Crippen LogP contribution in [0, 0.1) is 11.8 Å². The van der Waals surface area contributed by atoms with E-state index in [9.17, 15) is 9.59 Å². The van der Waals surface area contributed by atoms with Crippen molar-refractivity contribution in [2.75, 3.05) is 18.4 Å². The second-order valence-electron chi connectivity index (χ2n) is 7.43. The molecule has 1 aromatic rings. The molecule has 136 valence electrons. The Labute approximate surface area is 151 Å². The normalized spacial score (nSPS) is 19.6. The number of piperidine rings is 1. The van der Waals surface area contributed by atoms with Crippen molar-refractivity contribution in [3.63, 3.8) is 0 Å². The molecule has 2 aliphatic rings. The van der Waals surface area contributed by atoms with Gasteiger partial charge in [0.05, 0.1) is 0 Å². The number of carbonyl (C=O) groups is 2. The topological polar surface area (TPSA) is 49.4 Å². The van der Waals surface area contributed by atoms with Crippen molar-refractivity contribution in [3.05, 3.63) is 29.8 Å². The predicted octanol–water partition coefficient (Wildman–Crippen LogP) is 4.01. The maximum atomic E-state index is 12.6. The van der Waals surface area contributed by atoms with Crippen LogP contribution >= 0.6 is 0 Å². The summed E-state index contributed by atoms with van der Waals surface area (Å²) in [5.74, 6) is 0.677. The Hall–Kier alpha value is -1.84. The van der Waals surface area contributed by atoms with Crippen LogP contribution in [0.3, 0.4) is 0 Å². The van der Waals surface area contributed by atoms with Gasteiger partial charge in [-0.05, 0) is 43.7 Å². The minimum absolute atomic E-state index is 0.0142. The van der Waals surface area contributed by atoms with E-state index in [0.29, 0.717) is 5.91 Å². The molecule has 1 aromatic carbocycles. The highest BCUT2D eigenvalue weighted by molar-refractivity contribution is 5.93. The molecule has 0 atom stereocenters. The first-order valence-corrected chi connectivity index (χ1v) is 9.86. The standard InChI is InChI=1S/C21H30N2O2/c1-2-16-8-6-7-11-19(16)22-20(24)17-12-14-23(15-13-17)21(25)18-9-4-3-5-10-18/h6-8,11,17-18H,2-5,9-10,12-15H2,1H3,(H,22,24). The maximum Gasteiger partial charge on any atom is 0.227 e. The van der Waals surface area contributed by atoms with Crippen molar-refractivity contribution in [3.8, 4) is 0 Å². The lowest BCUT2D eigenvalue weighted by atomic mass is 9.87. The number of likely N-dealkylation sites (tertiary alicyclic amines) is 1. The zero-order valence-corrected chi connectivity index (χ0v) is 15.3. The number of benzene rings is 1. The van der Waals surface area contributed by atoms with Gasteiger partial charge in [0.2, 0.25) is 11.8 Å². The van der Waals surface area contributed by atoms with E-state index in [4.69, 9.17) is 0 Å². The van der Waals surface area contributed by atoms with Gasteiger partial charge in [-0.3, -0.25) is 9.59 Å². The highest BCUT2D eigenvalue weighted by Gasteiger charge is 2.31. The van der Waals surface area contributed by atoms with E-state index in [0.717, 1.165) is 50.9 Å². The average Bonchev–Trinajstić information content (AvgIpc) is 2.68. The highest BCUT2D eigenvalue weighted by Crippen LogP contribution is 2.28. The van der Waals surface area contributed by atoms with Crippen molar-refractivity contribution in [1.82, 2.24) is 4.90 Å². The molecule has 1 aliphatic carbocycles. The largest absolute Gasteiger partial charge is 0.342 e. The third-order valence-corrected chi connectivity index (χ3v) is 5.79. The Morgan fingerprint density at radius 3 is 2.36 bits per heavy atom. The molecule has 2 amide bonds. The Bertz CT molecular complexity index is 600. The van der Waals surface area contributed by atoms with Gasteiger partial charge in [-0.25, -0.2) is 0 Å². The summed E-state index contributed by atoms with van der Waals surface area (Å²) in [6.45, 7) is 3.55. The molecule has 1 aliphatic heterocycles. The molecular formula is C21H30N2O2. The van der Waals surface area contributed by atoms with Gasteiger partial charge in [0.25, 0.3) is 0 Å². The van der Waals surface area contributed by atoms with Crippen LogP contribution in [0.25, 0.3) is 0 Å². The minimum Gasteiger partial charge on any atom is -0.342 e. The molecule has 0 spiro atoms. The van der Waals surface area contributed by atoms with E-state index in [1.165, 1.54) is 24.8 Å². The summed E-state index contributed by atoms with van der Waals surface area (Å²) in [6.07, 6.45) is 8.20. The second-order valence-corrected chi connectivity index (χ2v) is 7.43. The summed E-state index contributed by atoms with van der Waals surface area (Å²) in [5, 5.41) is 3.10. The fraction of sp³-hybridized carbons (Fsp3) is 0.619. The smallest absolute Gasteiger partial charge is 0.227 e. The van der Waals surface area contributed by atoms with Crippen molar-refractivity contribution in [1.29, 1.82) is 0 Å². The van der Waals surface area contributed by atoms with E-state index in [1.54, 1.807) is 0 Å². The molecule has 4 heteroatoms. The quantitative estimate of drug-likeness (QED) is 0.899. The summed E-state index contributed by atoms with van der Waals surface area (Å²) >= 11 is 0. The number of nitrogens with zero attached hydrogens (tertiary/aromatic N) is 1. The zero-order chi connectivity index (χ0) is 17.6. The predicted molar refractivity (Wildman–Crippen MR) is 100 cm³/mol. The number of carbonyl (C=O) groups excluding carboxylic acids is 2. The molecule has 1 N–H and O–H groups in total. The highest BCUT2D eigenvalue weighted by atomic mass is 16.2. The van der Waals surface area contributed by atoms with E-state index in [-0.39, 0.29) is 17.7 Å². The Morgan fingerprint density at radius 1 is 1.00 bits per heavy atom. The molecule has 25 heavy (non-hydrogen) atoms. The summed E-state index contributed by atoms with van der Waals surface area (Å²) in [4.78, 5) is 27.2. The van der Waals surface area contributed by atoms with Gasteiger partial charge >= 0.3 is 0 Å². The summed E-state index contributed by atoms with van der Waals surface area (Å²) < 4.78 is 0. The fourth-order valence-electron chi connectivity index (χ4n) is 4.16. The number of anilines is 1. The molecule has 1 saturated carbocycles. The monoisotopic (exact) mass is 342 g/mol.